The van der Waals surface area contributed by atoms with Gasteiger partial charge in [-0.25, -0.2) is 4.79 Å². The van der Waals surface area contributed by atoms with Crippen LogP contribution in [0.3, 0.4) is 0 Å². The fourth-order valence-electron chi connectivity index (χ4n) is 1.96. The highest BCUT2D eigenvalue weighted by Gasteiger charge is 2.13. The van der Waals surface area contributed by atoms with Crippen LogP contribution in [0.25, 0.3) is 21.1 Å². The van der Waals surface area contributed by atoms with Crippen molar-refractivity contribution < 1.29 is 4.42 Å². The number of benzene rings is 1. The van der Waals surface area contributed by atoms with Crippen LogP contribution in [0.4, 0.5) is 0 Å². The number of thiophene rings is 1. The molecule has 3 aromatic rings. The molecule has 0 saturated heterocycles. The summed E-state index contributed by atoms with van der Waals surface area (Å²) in [6.07, 6.45) is 0. The number of hydrogen-bond acceptors (Lipinski definition) is 3. The molecule has 0 N–H and O–H groups in total. The molecular formula is C13H10O2S. The van der Waals surface area contributed by atoms with Crippen molar-refractivity contribution >= 4 is 32.4 Å². The molecule has 2 nitrogen and oxygen atoms in total. The molecule has 3 rings (SSSR count). The lowest BCUT2D eigenvalue weighted by Gasteiger charge is -1.97. The second kappa shape index (κ2) is 3.19. The Hall–Kier alpha value is -1.61. The average molecular weight is 230 g/mol. The van der Waals surface area contributed by atoms with Crippen molar-refractivity contribution in [1.82, 2.24) is 0 Å². The molecule has 3 heteroatoms. The van der Waals surface area contributed by atoms with Crippen molar-refractivity contribution in [3.63, 3.8) is 0 Å². The number of para-hydroxylation sites is 1. The first-order valence-corrected chi connectivity index (χ1v) is 5.91. The molecule has 0 unspecified atom stereocenters. The van der Waals surface area contributed by atoms with Crippen LogP contribution in [0.2, 0.25) is 0 Å². The summed E-state index contributed by atoms with van der Waals surface area (Å²) in [7, 11) is 0. The van der Waals surface area contributed by atoms with Crippen LogP contribution in [0.1, 0.15) is 10.4 Å². The van der Waals surface area contributed by atoms with E-state index in [1.807, 2.05) is 38.1 Å². The molecule has 0 aliphatic heterocycles. The largest absolute Gasteiger partial charge is 0.422 e. The van der Waals surface area contributed by atoms with Gasteiger partial charge in [0.2, 0.25) is 0 Å². The molecule has 16 heavy (non-hydrogen) atoms. The Labute approximate surface area is 96.1 Å². The molecule has 0 spiro atoms. The van der Waals surface area contributed by atoms with Crippen molar-refractivity contribution in [2.24, 2.45) is 0 Å². The zero-order valence-corrected chi connectivity index (χ0v) is 9.85. The first kappa shape index (κ1) is 9.60. The lowest BCUT2D eigenvalue weighted by Crippen LogP contribution is -1.99. The van der Waals surface area contributed by atoms with Crippen molar-refractivity contribution in [2.45, 2.75) is 13.8 Å². The highest BCUT2D eigenvalue weighted by atomic mass is 32.1. The minimum atomic E-state index is -0.226. The predicted octanol–water partition coefficient (Wildman–Crippen LogP) is 3.62. The van der Waals surface area contributed by atoms with Crippen molar-refractivity contribution in [1.29, 1.82) is 0 Å². The summed E-state index contributed by atoms with van der Waals surface area (Å²) in [5, 5.41) is 1.76. The second-order valence-electron chi connectivity index (χ2n) is 3.87. The smallest absolute Gasteiger partial charge is 0.345 e. The van der Waals surface area contributed by atoms with Crippen molar-refractivity contribution in [3.8, 4) is 0 Å². The molecule has 80 valence electrons. The van der Waals surface area contributed by atoms with Gasteiger partial charge in [0, 0.05) is 10.3 Å². The molecule has 1 aromatic carbocycles. The Bertz CT molecular complexity index is 750. The SMILES string of the molecule is Cc1sc2c(c1C)c(=O)oc1ccccc12. The topological polar surface area (TPSA) is 30.2 Å². The maximum atomic E-state index is 11.9. The van der Waals surface area contributed by atoms with Gasteiger partial charge in [0.25, 0.3) is 0 Å². The Balaban J connectivity index is 2.70. The van der Waals surface area contributed by atoms with Crippen LogP contribution < -0.4 is 5.63 Å². The lowest BCUT2D eigenvalue weighted by molar-refractivity contribution is 0.569. The number of fused-ring (bicyclic) bond motifs is 3. The summed E-state index contributed by atoms with van der Waals surface area (Å²) < 4.78 is 6.36. The summed E-state index contributed by atoms with van der Waals surface area (Å²) in [6, 6.07) is 7.67. The summed E-state index contributed by atoms with van der Waals surface area (Å²) in [5.74, 6) is 0. The zero-order chi connectivity index (χ0) is 11.3. The van der Waals surface area contributed by atoms with E-state index in [-0.39, 0.29) is 5.63 Å². The quantitative estimate of drug-likeness (QED) is 0.552. The zero-order valence-electron chi connectivity index (χ0n) is 9.03. The second-order valence-corrected chi connectivity index (χ2v) is 5.10. The molecular weight excluding hydrogens is 220 g/mol. The third-order valence-corrected chi connectivity index (χ3v) is 4.16. The molecule has 0 amide bonds. The maximum Gasteiger partial charge on any atom is 0.345 e. The standard InChI is InChI=1S/C13H10O2S/c1-7-8(2)16-12-9-5-3-4-6-10(9)15-13(14)11(7)12/h3-6H,1-2H3. The van der Waals surface area contributed by atoms with Gasteiger partial charge in [0.1, 0.15) is 5.58 Å². The molecule has 0 radical (unpaired) electrons. The Morgan fingerprint density at radius 2 is 1.94 bits per heavy atom. The maximum absolute atomic E-state index is 11.9. The van der Waals surface area contributed by atoms with E-state index in [1.54, 1.807) is 11.3 Å². The van der Waals surface area contributed by atoms with Gasteiger partial charge < -0.3 is 4.42 Å². The summed E-state index contributed by atoms with van der Waals surface area (Å²) >= 11 is 1.66. The van der Waals surface area contributed by atoms with Crippen LogP contribution in [-0.4, -0.2) is 0 Å². The molecule has 0 atom stereocenters. The Kier molecular flexibility index (Phi) is 1.91. The van der Waals surface area contributed by atoms with Gasteiger partial charge in [0.05, 0.1) is 10.1 Å². The fourth-order valence-corrected chi connectivity index (χ4v) is 3.13. The highest BCUT2D eigenvalue weighted by molar-refractivity contribution is 7.20. The normalized spacial score (nSPS) is 11.4. The van der Waals surface area contributed by atoms with E-state index >= 15 is 0 Å². The van der Waals surface area contributed by atoms with Gasteiger partial charge in [-0.15, -0.1) is 11.3 Å². The van der Waals surface area contributed by atoms with E-state index in [0.717, 1.165) is 21.0 Å². The first-order chi connectivity index (χ1) is 7.68. The third kappa shape index (κ3) is 1.15. The summed E-state index contributed by atoms with van der Waals surface area (Å²) in [6.45, 7) is 4.01. The molecule has 0 bridgehead atoms. The predicted molar refractivity (Wildman–Crippen MR) is 67.3 cm³/mol. The third-order valence-electron chi connectivity index (χ3n) is 2.92. The van der Waals surface area contributed by atoms with Crippen LogP contribution in [0.5, 0.6) is 0 Å². The highest BCUT2D eigenvalue weighted by Crippen LogP contribution is 2.33. The average Bonchev–Trinajstić information content (AvgIpc) is 2.57. The first-order valence-electron chi connectivity index (χ1n) is 5.10. The van der Waals surface area contributed by atoms with Gasteiger partial charge in [-0.2, -0.15) is 0 Å². The minimum absolute atomic E-state index is 0.226. The Morgan fingerprint density at radius 1 is 1.19 bits per heavy atom. The summed E-state index contributed by atoms with van der Waals surface area (Å²) in [5.41, 5.74) is 1.48. The van der Waals surface area contributed by atoms with Gasteiger partial charge >= 0.3 is 5.63 Å². The van der Waals surface area contributed by atoms with Gasteiger partial charge in [-0.3, -0.25) is 0 Å². The van der Waals surface area contributed by atoms with Crippen LogP contribution in [0, 0.1) is 13.8 Å². The van der Waals surface area contributed by atoms with Crippen molar-refractivity contribution in [3.05, 3.63) is 45.1 Å². The van der Waals surface area contributed by atoms with Gasteiger partial charge in [0.15, 0.2) is 0 Å². The number of hydrogen-bond donors (Lipinski definition) is 0. The fraction of sp³-hybridized carbons (Fsp3) is 0.154. The van der Waals surface area contributed by atoms with Gasteiger partial charge in [-0.1, -0.05) is 12.1 Å². The van der Waals surface area contributed by atoms with E-state index in [1.165, 1.54) is 4.88 Å². The van der Waals surface area contributed by atoms with Gasteiger partial charge in [-0.05, 0) is 31.5 Å². The van der Waals surface area contributed by atoms with E-state index in [4.69, 9.17) is 4.42 Å². The number of aryl methyl sites for hydroxylation is 2. The monoisotopic (exact) mass is 230 g/mol. The lowest BCUT2D eigenvalue weighted by atomic mass is 10.1. The Morgan fingerprint density at radius 3 is 2.75 bits per heavy atom. The molecule has 0 saturated carbocycles. The van der Waals surface area contributed by atoms with E-state index in [9.17, 15) is 4.79 Å². The number of rotatable bonds is 0. The van der Waals surface area contributed by atoms with E-state index in [0.29, 0.717) is 5.58 Å². The van der Waals surface area contributed by atoms with Crippen molar-refractivity contribution in [2.75, 3.05) is 0 Å². The van der Waals surface area contributed by atoms with E-state index in [2.05, 4.69) is 0 Å². The molecule has 0 aliphatic rings. The summed E-state index contributed by atoms with van der Waals surface area (Å²) in [4.78, 5) is 13.0. The molecule has 2 aromatic heterocycles. The molecule has 0 fully saturated rings. The van der Waals surface area contributed by atoms with Crippen LogP contribution in [0.15, 0.2) is 33.5 Å². The van der Waals surface area contributed by atoms with E-state index < -0.39 is 0 Å². The van der Waals surface area contributed by atoms with Crippen LogP contribution >= 0.6 is 11.3 Å². The minimum Gasteiger partial charge on any atom is -0.422 e. The molecule has 0 aliphatic carbocycles. The van der Waals surface area contributed by atoms with Crippen LogP contribution in [-0.2, 0) is 0 Å². The molecule has 2 heterocycles.